The van der Waals surface area contributed by atoms with E-state index in [1.54, 1.807) is 6.07 Å². The molecule has 1 amide bonds. The average Bonchev–Trinajstić information content (AvgIpc) is 3.11. The molecule has 0 spiro atoms. The molecule has 0 bridgehead atoms. The van der Waals surface area contributed by atoms with Gasteiger partial charge < -0.3 is 9.73 Å². The minimum Gasteiger partial charge on any atom is -0.455 e. The summed E-state index contributed by atoms with van der Waals surface area (Å²) in [6.07, 6.45) is 5.85. The summed E-state index contributed by atoms with van der Waals surface area (Å²) in [5.74, 6) is 1.18. The van der Waals surface area contributed by atoms with Crippen LogP contribution in [-0.4, -0.2) is 22.9 Å². The van der Waals surface area contributed by atoms with Gasteiger partial charge in [-0.3, -0.25) is 9.69 Å². The number of nitrogens with zero attached hydrogens (tertiary/aromatic N) is 1. The van der Waals surface area contributed by atoms with Crippen LogP contribution in [0.3, 0.4) is 0 Å². The summed E-state index contributed by atoms with van der Waals surface area (Å²) in [5, 5.41) is 3.12. The van der Waals surface area contributed by atoms with Crippen molar-refractivity contribution in [3.05, 3.63) is 59.0 Å². The fraction of sp³-hybridized carbons (Fsp3) is 0.522. The Balaban J connectivity index is 1.61. The second kappa shape index (κ2) is 9.23. The Hall–Kier alpha value is -2.07. The number of furan rings is 1. The van der Waals surface area contributed by atoms with Crippen LogP contribution in [0.25, 0.3) is 0 Å². The van der Waals surface area contributed by atoms with E-state index >= 15 is 0 Å². The largest absolute Gasteiger partial charge is 0.455 e. The first-order valence-corrected chi connectivity index (χ1v) is 10.2. The highest BCUT2D eigenvalue weighted by Gasteiger charge is 2.20. The highest BCUT2D eigenvalue weighted by Crippen LogP contribution is 2.19. The Morgan fingerprint density at radius 1 is 1.15 bits per heavy atom. The molecule has 27 heavy (non-hydrogen) atoms. The zero-order valence-corrected chi connectivity index (χ0v) is 16.8. The molecule has 1 aromatic heterocycles. The lowest BCUT2D eigenvalue weighted by atomic mass is 9.95. The van der Waals surface area contributed by atoms with Gasteiger partial charge in [0.15, 0.2) is 5.76 Å². The van der Waals surface area contributed by atoms with E-state index in [9.17, 15) is 4.79 Å². The van der Waals surface area contributed by atoms with Gasteiger partial charge in [0.2, 0.25) is 0 Å². The van der Waals surface area contributed by atoms with Gasteiger partial charge in [0.1, 0.15) is 5.76 Å². The fourth-order valence-electron chi connectivity index (χ4n) is 3.75. The smallest absolute Gasteiger partial charge is 0.287 e. The molecule has 0 saturated heterocycles. The van der Waals surface area contributed by atoms with Crippen LogP contribution in [-0.2, 0) is 13.1 Å². The van der Waals surface area contributed by atoms with Crippen molar-refractivity contribution in [1.29, 1.82) is 0 Å². The van der Waals surface area contributed by atoms with Gasteiger partial charge in [0.25, 0.3) is 5.91 Å². The van der Waals surface area contributed by atoms with E-state index in [4.69, 9.17) is 4.42 Å². The number of amides is 1. The average molecular weight is 369 g/mol. The minimum atomic E-state index is -0.0806. The van der Waals surface area contributed by atoms with Gasteiger partial charge in [0.05, 0.1) is 6.54 Å². The normalized spacial score (nSPS) is 15.4. The van der Waals surface area contributed by atoms with Crippen molar-refractivity contribution in [1.82, 2.24) is 10.2 Å². The van der Waals surface area contributed by atoms with Crippen LogP contribution >= 0.6 is 0 Å². The van der Waals surface area contributed by atoms with Gasteiger partial charge in [-0.15, -0.1) is 0 Å². The molecule has 146 valence electrons. The van der Waals surface area contributed by atoms with Gasteiger partial charge in [-0.05, 0) is 51.3 Å². The van der Waals surface area contributed by atoms with Crippen molar-refractivity contribution in [2.75, 3.05) is 0 Å². The van der Waals surface area contributed by atoms with Gasteiger partial charge in [-0.1, -0.05) is 49.1 Å². The Morgan fingerprint density at radius 2 is 1.93 bits per heavy atom. The molecule has 4 heteroatoms. The van der Waals surface area contributed by atoms with Crippen molar-refractivity contribution >= 4 is 5.91 Å². The topological polar surface area (TPSA) is 45.5 Å². The molecule has 0 radical (unpaired) electrons. The highest BCUT2D eigenvalue weighted by atomic mass is 16.4. The molecule has 3 rings (SSSR count). The molecule has 2 aromatic rings. The molecule has 1 saturated carbocycles. The summed E-state index contributed by atoms with van der Waals surface area (Å²) in [6, 6.07) is 13.0. The zero-order valence-electron chi connectivity index (χ0n) is 16.8. The number of carbonyl (C=O) groups is 1. The molecule has 0 atom stereocenters. The summed E-state index contributed by atoms with van der Waals surface area (Å²) in [4.78, 5) is 14.8. The molecule has 1 aliphatic rings. The summed E-state index contributed by atoms with van der Waals surface area (Å²) in [5.41, 5.74) is 2.57. The molecular weight excluding hydrogens is 336 g/mol. The van der Waals surface area contributed by atoms with Crippen LogP contribution in [0.5, 0.6) is 0 Å². The maximum absolute atomic E-state index is 12.5. The molecule has 1 aliphatic carbocycles. The number of rotatable bonds is 7. The SMILES string of the molecule is Cc1cccc(CN(Cc2ccc(C(=O)NC3CCCCC3)o2)C(C)C)c1. The van der Waals surface area contributed by atoms with E-state index in [1.807, 2.05) is 6.07 Å². The Labute approximate surface area is 162 Å². The molecule has 1 aromatic carbocycles. The van der Waals surface area contributed by atoms with Crippen LogP contribution < -0.4 is 5.32 Å². The first kappa shape index (κ1) is 19.7. The lowest BCUT2D eigenvalue weighted by Crippen LogP contribution is -2.36. The number of hydrogen-bond acceptors (Lipinski definition) is 3. The lowest BCUT2D eigenvalue weighted by Gasteiger charge is -2.25. The van der Waals surface area contributed by atoms with Gasteiger partial charge in [0, 0.05) is 18.6 Å². The van der Waals surface area contributed by atoms with Crippen molar-refractivity contribution in [3.63, 3.8) is 0 Å². The fourth-order valence-corrected chi connectivity index (χ4v) is 3.75. The van der Waals surface area contributed by atoms with E-state index in [0.29, 0.717) is 24.4 Å². The molecule has 1 fully saturated rings. The molecule has 0 aliphatic heterocycles. The van der Waals surface area contributed by atoms with Crippen LogP contribution in [0, 0.1) is 6.92 Å². The second-order valence-electron chi connectivity index (χ2n) is 8.06. The third-order valence-electron chi connectivity index (χ3n) is 5.38. The van der Waals surface area contributed by atoms with Crippen LogP contribution in [0.1, 0.15) is 73.4 Å². The predicted octanol–water partition coefficient (Wildman–Crippen LogP) is 5.06. The zero-order chi connectivity index (χ0) is 19.2. The van der Waals surface area contributed by atoms with Crippen LogP contribution in [0.2, 0.25) is 0 Å². The van der Waals surface area contributed by atoms with E-state index in [0.717, 1.165) is 25.1 Å². The monoisotopic (exact) mass is 368 g/mol. The van der Waals surface area contributed by atoms with Crippen molar-refractivity contribution < 1.29 is 9.21 Å². The lowest BCUT2D eigenvalue weighted by molar-refractivity contribution is 0.0894. The maximum atomic E-state index is 12.5. The van der Waals surface area contributed by atoms with Crippen LogP contribution in [0.4, 0.5) is 0 Å². The first-order valence-electron chi connectivity index (χ1n) is 10.2. The third-order valence-corrected chi connectivity index (χ3v) is 5.38. The van der Waals surface area contributed by atoms with E-state index in [2.05, 4.69) is 55.3 Å². The quantitative estimate of drug-likeness (QED) is 0.743. The number of carbonyl (C=O) groups excluding carboxylic acids is 1. The van der Waals surface area contributed by atoms with E-state index in [-0.39, 0.29) is 5.91 Å². The first-order chi connectivity index (χ1) is 13.0. The van der Waals surface area contributed by atoms with Gasteiger partial charge in [-0.2, -0.15) is 0 Å². The van der Waals surface area contributed by atoms with Crippen molar-refractivity contribution in [2.45, 2.75) is 78.0 Å². The van der Waals surface area contributed by atoms with E-state index < -0.39 is 0 Å². The molecular formula is C23H32N2O2. The van der Waals surface area contributed by atoms with Gasteiger partial charge >= 0.3 is 0 Å². The molecule has 4 nitrogen and oxygen atoms in total. The summed E-state index contributed by atoms with van der Waals surface area (Å²) >= 11 is 0. The standard InChI is InChI=1S/C23H32N2O2/c1-17(2)25(15-19-9-7-8-18(3)14-19)16-21-12-13-22(27-21)23(26)24-20-10-5-4-6-11-20/h7-9,12-14,17,20H,4-6,10-11,15-16H2,1-3H3,(H,24,26). The van der Waals surface area contributed by atoms with Crippen LogP contribution in [0.15, 0.2) is 40.8 Å². The maximum Gasteiger partial charge on any atom is 0.287 e. The molecule has 1 heterocycles. The molecule has 1 N–H and O–H groups in total. The molecule has 0 unspecified atom stereocenters. The summed E-state index contributed by atoms with van der Waals surface area (Å²) < 4.78 is 5.88. The number of aryl methyl sites for hydroxylation is 1. The van der Waals surface area contributed by atoms with E-state index in [1.165, 1.54) is 30.4 Å². The van der Waals surface area contributed by atoms with Gasteiger partial charge in [-0.25, -0.2) is 0 Å². The predicted molar refractivity (Wildman–Crippen MR) is 109 cm³/mol. The third kappa shape index (κ3) is 5.70. The Bertz CT molecular complexity index is 744. The number of hydrogen-bond donors (Lipinski definition) is 1. The van der Waals surface area contributed by atoms with Crippen molar-refractivity contribution in [3.8, 4) is 0 Å². The highest BCUT2D eigenvalue weighted by molar-refractivity contribution is 5.91. The summed E-state index contributed by atoms with van der Waals surface area (Å²) in [6.45, 7) is 8.06. The minimum absolute atomic E-state index is 0.0806. The Morgan fingerprint density at radius 3 is 2.63 bits per heavy atom. The van der Waals surface area contributed by atoms with Crippen molar-refractivity contribution in [2.24, 2.45) is 0 Å². The second-order valence-corrected chi connectivity index (χ2v) is 8.06. The Kier molecular flexibility index (Phi) is 6.73. The number of nitrogens with one attached hydrogen (secondary N) is 1. The number of benzene rings is 1. The summed E-state index contributed by atoms with van der Waals surface area (Å²) in [7, 11) is 0.